The molecule has 2 heterocycles. The Labute approximate surface area is 101 Å². The first-order valence-corrected chi connectivity index (χ1v) is 5.95. The van der Waals surface area contributed by atoms with E-state index in [1.165, 1.54) is 0 Å². The minimum Gasteiger partial charge on any atom is -0.387 e. The van der Waals surface area contributed by atoms with Crippen molar-refractivity contribution in [3.63, 3.8) is 0 Å². The zero-order valence-electron chi connectivity index (χ0n) is 10.00. The van der Waals surface area contributed by atoms with Crippen LogP contribution in [0.4, 0.5) is 0 Å². The molecule has 0 radical (unpaired) electrons. The van der Waals surface area contributed by atoms with Crippen molar-refractivity contribution in [2.45, 2.75) is 32.4 Å². The summed E-state index contributed by atoms with van der Waals surface area (Å²) in [5.41, 5.74) is 1.56. The summed E-state index contributed by atoms with van der Waals surface area (Å²) >= 11 is 6.16. The molecule has 0 aliphatic carbocycles. The summed E-state index contributed by atoms with van der Waals surface area (Å²) in [6, 6.07) is 0. The van der Waals surface area contributed by atoms with Crippen LogP contribution in [0.1, 0.15) is 24.6 Å². The predicted octanol–water partition coefficient (Wildman–Crippen LogP) is 1.34. The number of β-amino-alcohol motifs (C(OH)–C–C–N with tert-alkyl or cyclic N) is 1. The molecule has 0 unspecified atom stereocenters. The van der Waals surface area contributed by atoms with Crippen molar-refractivity contribution in [3.05, 3.63) is 16.4 Å². The number of hydrogen-bond acceptors (Lipinski definition) is 3. The first-order chi connectivity index (χ1) is 7.45. The van der Waals surface area contributed by atoms with Gasteiger partial charge in [-0.05, 0) is 13.3 Å². The summed E-state index contributed by atoms with van der Waals surface area (Å²) in [6.07, 6.45) is 0.809. The maximum atomic E-state index is 9.92. The van der Waals surface area contributed by atoms with Gasteiger partial charge >= 0.3 is 0 Å². The van der Waals surface area contributed by atoms with Gasteiger partial charge < -0.3 is 5.11 Å². The Morgan fingerprint density at radius 1 is 1.50 bits per heavy atom. The van der Waals surface area contributed by atoms with Gasteiger partial charge in [-0.15, -0.1) is 0 Å². The molecule has 1 aromatic rings. The standard InChI is InChI=1S/C11H18ClN3O/c1-4-11(16)6-15(7-11)5-9-8(2)13-14(3)10(9)12/h16H,4-7H2,1-3H3. The molecule has 4 nitrogen and oxygen atoms in total. The topological polar surface area (TPSA) is 41.3 Å². The lowest BCUT2D eigenvalue weighted by molar-refractivity contribution is -0.103. The van der Waals surface area contributed by atoms with Gasteiger partial charge in [-0.3, -0.25) is 9.58 Å². The Hall–Kier alpha value is -0.580. The van der Waals surface area contributed by atoms with Crippen molar-refractivity contribution in [3.8, 4) is 0 Å². The third-order valence-electron chi connectivity index (χ3n) is 3.35. The number of aliphatic hydroxyl groups is 1. The molecular formula is C11H18ClN3O. The van der Waals surface area contributed by atoms with Crippen LogP contribution in [0.3, 0.4) is 0 Å². The quantitative estimate of drug-likeness (QED) is 0.871. The third kappa shape index (κ3) is 1.97. The van der Waals surface area contributed by atoms with Crippen LogP contribution in [0.2, 0.25) is 5.15 Å². The second-order valence-corrected chi connectivity index (χ2v) is 5.06. The highest BCUT2D eigenvalue weighted by Gasteiger charge is 2.39. The van der Waals surface area contributed by atoms with E-state index in [4.69, 9.17) is 11.6 Å². The van der Waals surface area contributed by atoms with Gasteiger partial charge in [0.2, 0.25) is 0 Å². The molecule has 90 valence electrons. The normalized spacial score (nSPS) is 19.8. The van der Waals surface area contributed by atoms with Gasteiger partial charge in [-0.25, -0.2) is 0 Å². The van der Waals surface area contributed by atoms with Gasteiger partial charge in [0.1, 0.15) is 5.15 Å². The number of aromatic nitrogens is 2. The average molecular weight is 244 g/mol. The fourth-order valence-corrected chi connectivity index (χ4v) is 2.43. The second kappa shape index (κ2) is 4.02. The molecule has 0 spiro atoms. The van der Waals surface area contributed by atoms with Gasteiger partial charge in [-0.2, -0.15) is 5.10 Å². The Kier molecular flexibility index (Phi) is 2.99. The molecule has 1 fully saturated rings. The average Bonchev–Trinajstić information content (AvgIpc) is 2.42. The number of rotatable bonds is 3. The van der Waals surface area contributed by atoms with Crippen molar-refractivity contribution in [1.29, 1.82) is 0 Å². The minimum atomic E-state index is -0.484. The molecular weight excluding hydrogens is 226 g/mol. The molecule has 1 aliphatic heterocycles. The maximum absolute atomic E-state index is 9.92. The summed E-state index contributed by atoms with van der Waals surface area (Å²) in [5, 5.41) is 14.9. The summed E-state index contributed by atoms with van der Waals surface area (Å²) in [6.45, 7) is 6.22. The monoisotopic (exact) mass is 243 g/mol. The molecule has 2 rings (SSSR count). The van der Waals surface area contributed by atoms with Crippen molar-refractivity contribution in [2.24, 2.45) is 7.05 Å². The van der Waals surface area contributed by atoms with Crippen LogP contribution in [0.15, 0.2) is 0 Å². The molecule has 0 amide bonds. The van der Waals surface area contributed by atoms with E-state index in [2.05, 4.69) is 10.00 Å². The summed E-state index contributed by atoms with van der Waals surface area (Å²) in [4.78, 5) is 2.19. The zero-order valence-corrected chi connectivity index (χ0v) is 10.8. The van der Waals surface area contributed by atoms with Crippen LogP contribution in [0.5, 0.6) is 0 Å². The lowest BCUT2D eigenvalue weighted by atomic mass is 9.91. The number of aryl methyl sites for hydroxylation is 2. The minimum absolute atomic E-state index is 0.484. The van der Waals surface area contributed by atoms with Crippen molar-refractivity contribution in [1.82, 2.24) is 14.7 Å². The van der Waals surface area contributed by atoms with Gasteiger partial charge in [0.05, 0.1) is 11.3 Å². The van der Waals surface area contributed by atoms with E-state index in [1.54, 1.807) is 4.68 Å². The molecule has 0 atom stereocenters. The van der Waals surface area contributed by atoms with Crippen LogP contribution in [0.25, 0.3) is 0 Å². The molecule has 5 heteroatoms. The van der Waals surface area contributed by atoms with E-state index < -0.39 is 5.60 Å². The molecule has 0 bridgehead atoms. The number of halogens is 1. The highest BCUT2D eigenvalue weighted by Crippen LogP contribution is 2.28. The molecule has 1 N–H and O–H groups in total. The Balaban J connectivity index is 2.02. The van der Waals surface area contributed by atoms with Crippen LogP contribution in [-0.2, 0) is 13.6 Å². The first kappa shape index (κ1) is 11.9. The largest absolute Gasteiger partial charge is 0.387 e. The molecule has 1 saturated heterocycles. The van der Waals surface area contributed by atoms with E-state index in [9.17, 15) is 5.11 Å². The third-order valence-corrected chi connectivity index (χ3v) is 3.82. The van der Waals surface area contributed by atoms with Crippen LogP contribution in [-0.4, -0.2) is 38.5 Å². The molecule has 16 heavy (non-hydrogen) atoms. The summed E-state index contributed by atoms with van der Waals surface area (Å²) in [7, 11) is 1.84. The molecule has 1 aliphatic rings. The fourth-order valence-electron chi connectivity index (χ4n) is 2.20. The Morgan fingerprint density at radius 2 is 2.12 bits per heavy atom. The molecule has 0 aromatic carbocycles. The molecule has 0 saturated carbocycles. The number of nitrogens with zero attached hydrogens (tertiary/aromatic N) is 3. The lowest BCUT2D eigenvalue weighted by Gasteiger charge is -2.46. The fraction of sp³-hybridized carbons (Fsp3) is 0.727. The van der Waals surface area contributed by atoms with Crippen molar-refractivity contribution < 1.29 is 5.11 Å². The van der Waals surface area contributed by atoms with E-state index in [0.29, 0.717) is 5.15 Å². The smallest absolute Gasteiger partial charge is 0.131 e. The van der Waals surface area contributed by atoms with Crippen LogP contribution in [0, 0.1) is 6.92 Å². The van der Waals surface area contributed by atoms with E-state index in [0.717, 1.165) is 37.3 Å². The number of hydrogen-bond donors (Lipinski definition) is 1. The Morgan fingerprint density at radius 3 is 2.56 bits per heavy atom. The second-order valence-electron chi connectivity index (χ2n) is 4.70. The van der Waals surface area contributed by atoms with E-state index in [-0.39, 0.29) is 0 Å². The van der Waals surface area contributed by atoms with Gasteiger partial charge in [0.15, 0.2) is 0 Å². The SMILES string of the molecule is CCC1(O)CN(Cc2c(C)nn(C)c2Cl)C1. The van der Waals surface area contributed by atoms with Gasteiger partial charge in [0.25, 0.3) is 0 Å². The van der Waals surface area contributed by atoms with Gasteiger partial charge in [0, 0.05) is 32.2 Å². The summed E-state index contributed by atoms with van der Waals surface area (Å²) in [5.74, 6) is 0. The van der Waals surface area contributed by atoms with E-state index >= 15 is 0 Å². The highest BCUT2D eigenvalue weighted by atomic mass is 35.5. The predicted molar refractivity (Wildman–Crippen MR) is 63.5 cm³/mol. The van der Waals surface area contributed by atoms with Crippen LogP contribution >= 0.6 is 11.6 Å². The summed E-state index contributed by atoms with van der Waals surface area (Å²) < 4.78 is 1.69. The zero-order chi connectivity index (χ0) is 11.9. The maximum Gasteiger partial charge on any atom is 0.131 e. The van der Waals surface area contributed by atoms with Gasteiger partial charge in [-0.1, -0.05) is 18.5 Å². The number of likely N-dealkylation sites (tertiary alicyclic amines) is 1. The lowest BCUT2D eigenvalue weighted by Crippen LogP contribution is -2.60. The molecule has 1 aromatic heterocycles. The first-order valence-electron chi connectivity index (χ1n) is 5.58. The van der Waals surface area contributed by atoms with Crippen LogP contribution < -0.4 is 0 Å². The van der Waals surface area contributed by atoms with Crippen molar-refractivity contribution in [2.75, 3.05) is 13.1 Å². The van der Waals surface area contributed by atoms with Crippen molar-refractivity contribution >= 4 is 11.6 Å². The Bertz CT molecular complexity index is 396. The highest BCUT2D eigenvalue weighted by molar-refractivity contribution is 6.30. The van der Waals surface area contributed by atoms with E-state index in [1.807, 2.05) is 20.9 Å².